The van der Waals surface area contributed by atoms with Gasteiger partial charge in [-0.2, -0.15) is 0 Å². The molecular weight excluding hydrogens is 320 g/mol. The monoisotopic (exact) mass is 339 g/mol. The third kappa shape index (κ3) is 3.88. The van der Waals surface area contributed by atoms with E-state index < -0.39 is 30.8 Å². The van der Waals surface area contributed by atoms with E-state index >= 15 is 0 Å². The van der Waals surface area contributed by atoms with Crippen LogP contribution in [-0.4, -0.2) is 61.5 Å². The number of nitrogens with one attached hydrogen (secondary N) is 2. The Kier molecular flexibility index (Phi) is 4.77. The number of alkyl halides is 2. The number of hydrogen-bond donors (Lipinski definition) is 2. The lowest BCUT2D eigenvalue weighted by atomic mass is 10.1. The number of anilines is 1. The first-order valence-corrected chi connectivity index (χ1v) is 7.84. The normalized spacial score (nSPS) is 23.1. The number of benzene rings is 1. The van der Waals surface area contributed by atoms with E-state index in [0.717, 1.165) is 0 Å². The highest BCUT2D eigenvalue weighted by Gasteiger charge is 2.42. The molecule has 1 aromatic rings. The van der Waals surface area contributed by atoms with Crippen LogP contribution in [0.3, 0.4) is 0 Å². The van der Waals surface area contributed by atoms with Gasteiger partial charge in [0, 0.05) is 30.8 Å². The number of rotatable bonds is 3. The highest BCUT2D eigenvalue weighted by atomic mass is 19.3. The number of halogens is 2. The number of carbonyl (C=O) groups excluding carboxylic acids is 2. The molecule has 3 rings (SSSR count). The van der Waals surface area contributed by atoms with E-state index in [2.05, 4.69) is 10.6 Å². The molecule has 2 N–H and O–H groups in total. The fourth-order valence-electron chi connectivity index (χ4n) is 2.81. The molecule has 24 heavy (non-hydrogen) atoms. The quantitative estimate of drug-likeness (QED) is 0.865. The Morgan fingerprint density at radius 2 is 2.04 bits per heavy atom. The van der Waals surface area contributed by atoms with Crippen LogP contribution in [0.1, 0.15) is 16.8 Å². The summed E-state index contributed by atoms with van der Waals surface area (Å²) in [6.45, 7) is 1.56. The minimum absolute atomic E-state index is 0.139. The Morgan fingerprint density at radius 1 is 1.29 bits per heavy atom. The molecule has 0 radical (unpaired) electrons. The van der Waals surface area contributed by atoms with E-state index in [-0.39, 0.29) is 5.91 Å². The molecule has 2 amide bonds. The van der Waals surface area contributed by atoms with Crippen molar-refractivity contribution < 1.29 is 23.1 Å². The lowest BCUT2D eigenvalue weighted by Crippen LogP contribution is -2.40. The van der Waals surface area contributed by atoms with E-state index in [1.165, 1.54) is 0 Å². The van der Waals surface area contributed by atoms with E-state index in [1.54, 1.807) is 29.2 Å². The van der Waals surface area contributed by atoms with Gasteiger partial charge in [-0.15, -0.1) is 0 Å². The van der Waals surface area contributed by atoms with E-state index in [9.17, 15) is 18.4 Å². The Bertz CT molecular complexity index is 633. The second kappa shape index (κ2) is 6.82. The lowest BCUT2D eigenvalue weighted by molar-refractivity contribution is -0.118. The van der Waals surface area contributed by atoms with Crippen LogP contribution in [0.5, 0.6) is 0 Å². The van der Waals surface area contributed by atoms with Crippen LogP contribution in [-0.2, 0) is 9.53 Å². The van der Waals surface area contributed by atoms with Crippen LogP contribution in [0.25, 0.3) is 0 Å². The van der Waals surface area contributed by atoms with Gasteiger partial charge < -0.3 is 15.0 Å². The molecule has 0 aromatic heterocycles. The van der Waals surface area contributed by atoms with Gasteiger partial charge in [-0.1, -0.05) is 6.07 Å². The minimum Gasteiger partial charge on any atom is -0.378 e. The van der Waals surface area contributed by atoms with Gasteiger partial charge in [0.2, 0.25) is 5.91 Å². The Labute approximate surface area is 138 Å². The van der Waals surface area contributed by atoms with Crippen LogP contribution in [0.2, 0.25) is 0 Å². The van der Waals surface area contributed by atoms with E-state index in [1.807, 2.05) is 0 Å². The molecule has 1 atom stereocenters. The average molecular weight is 339 g/mol. The van der Waals surface area contributed by atoms with Crippen molar-refractivity contribution in [1.82, 2.24) is 10.2 Å². The molecule has 0 spiro atoms. The molecule has 0 bridgehead atoms. The van der Waals surface area contributed by atoms with Crippen molar-refractivity contribution in [2.75, 3.05) is 38.2 Å². The molecule has 2 saturated heterocycles. The Balaban J connectivity index is 1.64. The van der Waals surface area contributed by atoms with Gasteiger partial charge in [0.05, 0.1) is 25.8 Å². The van der Waals surface area contributed by atoms with Gasteiger partial charge in [-0.3, -0.25) is 14.9 Å². The van der Waals surface area contributed by atoms with Crippen molar-refractivity contribution in [1.29, 1.82) is 0 Å². The second-order valence-electron chi connectivity index (χ2n) is 5.97. The van der Waals surface area contributed by atoms with Crippen molar-refractivity contribution in [3.63, 3.8) is 0 Å². The summed E-state index contributed by atoms with van der Waals surface area (Å²) in [6, 6.07) is 5.57. The first-order chi connectivity index (χ1) is 11.4. The van der Waals surface area contributed by atoms with Gasteiger partial charge in [0.25, 0.3) is 11.8 Å². The molecule has 2 aliphatic rings. The fraction of sp³-hybridized carbons (Fsp3) is 0.500. The standard InChI is InChI=1S/C16H19F2N3O3/c17-16(18)9-13(19-10-16)14(22)20-12-3-1-2-11(8-12)15(23)21-4-6-24-7-5-21/h1-3,8,13,19H,4-7,9-10H2,(H,20,22). The summed E-state index contributed by atoms with van der Waals surface area (Å²) in [5.41, 5.74) is 0.857. The third-order valence-electron chi connectivity index (χ3n) is 4.10. The maximum Gasteiger partial charge on any atom is 0.262 e. The summed E-state index contributed by atoms with van der Waals surface area (Å²) >= 11 is 0. The number of carbonyl (C=O) groups is 2. The molecule has 6 nitrogen and oxygen atoms in total. The molecule has 2 fully saturated rings. The summed E-state index contributed by atoms with van der Waals surface area (Å²) < 4.78 is 31.5. The van der Waals surface area contributed by atoms with Crippen LogP contribution in [0.15, 0.2) is 24.3 Å². The first-order valence-electron chi connectivity index (χ1n) is 7.84. The van der Waals surface area contributed by atoms with Crippen molar-refractivity contribution >= 4 is 17.5 Å². The summed E-state index contributed by atoms with van der Waals surface area (Å²) in [6.07, 6.45) is -0.523. The van der Waals surface area contributed by atoms with Crippen molar-refractivity contribution in [2.45, 2.75) is 18.4 Å². The molecule has 0 saturated carbocycles. The summed E-state index contributed by atoms with van der Waals surface area (Å²) in [5.74, 6) is -3.53. The molecule has 2 heterocycles. The summed E-state index contributed by atoms with van der Waals surface area (Å²) in [4.78, 5) is 26.2. The second-order valence-corrected chi connectivity index (χ2v) is 5.97. The zero-order valence-corrected chi connectivity index (χ0v) is 13.1. The predicted octanol–water partition coefficient (Wildman–Crippen LogP) is 1.09. The van der Waals surface area contributed by atoms with Crippen molar-refractivity contribution in [3.8, 4) is 0 Å². The molecule has 0 aliphatic carbocycles. The first kappa shape index (κ1) is 16.8. The summed E-state index contributed by atoms with van der Waals surface area (Å²) in [7, 11) is 0. The van der Waals surface area contributed by atoms with Crippen LogP contribution < -0.4 is 10.6 Å². The Morgan fingerprint density at radius 3 is 2.71 bits per heavy atom. The van der Waals surface area contributed by atoms with Gasteiger partial charge in [0.15, 0.2) is 0 Å². The molecular formula is C16H19F2N3O3. The number of nitrogens with zero attached hydrogens (tertiary/aromatic N) is 1. The maximum atomic E-state index is 13.2. The highest BCUT2D eigenvalue weighted by Crippen LogP contribution is 2.26. The van der Waals surface area contributed by atoms with Gasteiger partial charge in [-0.05, 0) is 18.2 Å². The smallest absolute Gasteiger partial charge is 0.262 e. The van der Waals surface area contributed by atoms with Gasteiger partial charge in [-0.25, -0.2) is 8.78 Å². The number of amides is 2. The molecule has 8 heteroatoms. The van der Waals surface area contributed by atoms with Crippen LogP contribution in [0, 0.1) is 0 Å². The van der Waals surface area contributed by atoms with Crippen LogP contribution in [0.4, 0.5) is 14.5 Å². The van der Waals surface area contributed by atoms with Crippen molar-refractivity contribution in [2.24, 2.45) is 0 Å². The summed E-state index contributed by atoms with van der Waals surface area (Å²) in [5, 5.41) is 5.09. The van der Waals surface area contributed by atoms with Crippen molar-refractivity contribution in [3.05, 3.63) is 29.8 Å². The molecule has 1 aromatic carbocycles. The van der Waals surface area contributed by atoms with E-state index in [0.29, 0.717) is 37.6 Å². The molecule has 1 unspecified atom stereocenters. The predicted molar refractivity (Wildman–Crippen MR) is 83.1 cm³/mol. The zero-order valence-electron chi connectivity index (χ0n) is 13.1. The Hall–Kier alpha value is -2.06. The van der Waals surface area contributed by atoms with Gasteiger partial charge in [0.1, 0.15) is 0 Å². The molecule has 130 valence electrons. The zero-order chi connectivity index (χ0) is 17.2. The minimum atomic E-state index is -2.86. The third-order valence-corrected chi connectivity index (χ3v) is 4.10. The number of hydrogen-bond acceptors (Lipinski definition) is 4. The highest BCUT2D eigenvalue weighted by molar-refractivity contribution is 5.98. The largest absolute Gasteiger partial charge is 0.378 e. The lowest BCUT2D eigenvalue weighted by Gasteiger charge is -2.27. The number of ether oxygens (including phenoxy) is 1. The topological polar surface area (TPSA) is 70.7 Å². The SMILES string of the molecule is O=C(Nc1cccc(C(=O)N2CCOCC2)c1)C1CC(F)(F)CN1. The van der Waals surface area contributed by atoms with Gasteiger partial charge >= 0.3 is 0 Å². The molecule has 2 aliphatic heterocycles. The average Bonchev–Trinajstić information content (AvgIpc) is 2.95. The maximum absolute atomic E-state index is 13.2. The number of morpholine rings is 1. The van der Waals surface area contributed by atoms with E-state index in [4.69, 9.17) is 4.74 Å². The van der Waals surface area contributed by atoms with Crippen LogP contribution >= 0.6 is 0 Å². The fourth-order valence-corrected chi connectivity index (χ4v) is 2.81.